The molecule has 0 aliphatic heterocycles. The van der Waals surface area contributed by atoms with E-state index < -0.39 is 10.8 Å². The molecular weight excluding hydrogens is 548 g/mol. The number of ketones is 1. The van der Waals surface area contributed by atoms with Crippen LogP contribution in [0.2, 0.25) is 0 Å². The first kappa shape index (κ1) is 41.7. The monoisotopic (exact) mass is 614 g/mol. The van der Waals surface area contributed by atoms with Crippen molar-refractivity contribution in [3.63, 3.8) is 0 Å². The zero-order chi connectivity index (χ0) is 32.9. The molecule has 0 heterocycles. The zero-order valence-corrected chi connectivity index (χ0v) is 29.5. The smallest absolute Gasteiger partial charge is 0.311 e. The summed E-state index contributed by atoms with van der Waals surface area (Å²) in [4.78, 5) is 37.3. The molecule has 0 N–H and O–H groups in total. The molecule has 0 unspecified atom stereocenters. The molecule has 0 atom stereocenters. The van der Waals surface area contributed by atoms with E-state index in [1.807, 2.05) is 27.7 Å². The van der Waals surface area contributed by atoms with Crippen molar-refractivity contribution in [3.8, 4) is 23.7 Å². The van der Waals surface area contributed by atoms with Crippen LogP contribution in [0.1, 0.15) is 183 Å². The van der Waals surface area contributed by atoms with Gasteiger partial charge in [-0.2, -0.15) is 0 Å². The fraction of sp³-hybridized carbons (Fsp3) is 0.821. The average molecular weight is 615 g/mol. The summed E-state index contributed by atoms with van der Waals surface area (Å²) in [7, 11) is 0. The van der Waals surface area contributed by atoms with Crippen LogP contribution in [0.3, 0.4) is 0 Å². The molecule has 0 rings (SSSR count). The van der Waals surface area contributed by atoms with E-state index in [-0.39, 0.29) is 11.9 Å². The molecule has 44 heavy (non-hydrogen) atoms. The molecule has 0 aromatic rings. The number of Topliss-reactive ketones (excluding diaryl/α,β-unsaturated/α-hetero) is 1. The lowest BCUT2D eigenvalue weighted by Crippen LogP contribution is -2.27. The molecule has 252 valence electrons. The van der Waals surface area contributed by atoms with Gasteiger partial charge in [0, 0.05) is 38.5 Å². The van der Waals surface area contributed by atoms with E-state index in [0.717, 1.165) is 77.0 Å². The molecule has 0 saturated carbocycles. The lowest BCUT2D eigenvalue weighted by molar-refractivity contribution is -0.155. The van der Waals surface area contributed by atoms with Crippen LogP contribution >= 0.6 is 0 Å². The quantitative estimate of drug-likeness (QED) is 0.0551. The van der Waals surface area contributed by atoms with E-state index in [4.69, 9.17) is 9.47 Å². The third kappa shape index (κ3) is 24.1. The van der Waals surface area contributed by atoms with Gasteiger partial charge < -0.3 is 9.47 Å². The zero-order valence-electron chi connectivity index (χ0n) is 29.5. The highest BCUT2D eigenvalue weighted by atomic mass is 16.5. The van der Waals surface area contributed by atoms with Crippen LogP contribution in [0.25, 0.3) is 0 Å². The number of ether oxygens (including phenoxy) is 2. The number of hydrogen-bond donors (Lipinski definition) is 0. The number of rotatable bonds is 26. The SMILES string of the molecule is CCCCCCC#CCCOC(=O)C(C)(C)CCCCCC(=O)CCCCCC(C)(C)C(=O)OCCC#CCCCCCC. The van der Waals surface area contributed by atoms with Crippen LogP contribution in [-0.2, 0) is 23.9 Å². The van der Waals surface area contributed by atoms with E-state index in [2.05, 4.69) is 37.5 Å². The van der Waals surface area contributed by atoms with E-state index >= 15 is 0 Å². The van der Waals surface area contributed by atoms with Gasteiger partial charge in [-0.3, -0.25) is 14.4 Å². The topological polar surface area (TPSA) is 69.7 Å². The predicted molar refractivity (Wildman–Crippen MR) is 183 cm³/mol. The summed E-state index contributed by atoms with van der Waals surface area (Å²) in [5, 5.41) is 0. The van der Waals surface area contributed by atoms with Gasteiger partial charge in [-0.15, -0.1) is 11.8 Å². The van der Waals surface area contributed by atoms with Gasteiger partial charge in [-0.1, -0.05) is 89.9 Å². The fourth-order valence-electron chi connectivity index (χ4n) is 4.88. The summed E-state index contributed by atoms with van der Waals surface area (Å²) >= 11 is 0. The Labute approximate surface area is 271 Å². The average Bonchev–Trinajstić information content (AvgIpc) is 2.98. The maximum absolute atomic E-state index is 12.5. The molecule has 0 spiro atoms. The highest BCUT2D eigenvalue weighted by Gasteiger charge is 2.29. The second-order valence-corrected chi connectivity index (χ2v) is 13.5. The fourth-order valence-corrected chi connectivity index (χ4v) is 4.88. The van der Waals surface area contributed by atoms with E-state index in [1.165, 1.54) is 38.5 Å². The first-order chi connectivity index (χ1) is 21.1. The lowest BCUT2D eigenvalue weighted by Gasteiger charge is -2.22. The second kappa shape index (κ2) is 27.1. The van der Waals surface area contributed by atoms with Crippen molar-refractivity contribution in [2.24, 2.45) is 10.8 Å². The lowest BCUT2D eigenvalue weighted by atomic mass is 9.86. The van der Waals surface area contributed by atoms with Crippen LogP contribution in [0.15, 0.2) is 0 Å². The standard InChI is InChI=1S/C39H66O5/c1-7-9-11-13-15-17-19-27-33-43-36(41)38(3,4)31-25-21-23-29-35(40)30-24-22-26-32-39(5,6)37(42)44-34-28-20-18-16-14-12-10-8-2/h7-16,21-34H2,1-6H3. The minimum atomic E-state index is -0.514. The first-order valence-electron chi connectivity index (χ1n) is 17.8. The van der Waals surface area contributed by atoms with Gasteiger partial charge in [0.05, 0.1) is 10.8 Å². The van der Waals surface area contributed by atoms with Crippen molar-refractivity contribution in [3.05, 3.63) is 0 Å². The molecule has 0 fully saturated rings. The largest absolute Gasteiger partial charge is 0.464 e. The molecule has 0 bridgehead atoms. The summed E-state index contributed by atoms with van der Waals surface area (Å²) < 4.78 is 10.9. The van der Waals surface area contributed by atoms with Gasteiger partial charge >= 0.3 is 11.9 Å². The molecule has 5 heteroatoms. The first-order valence-corrected chi connectivity index (χ1v) is 17.8. The Kier molecular flexibility index (Phi) is 25.7. The van der Waals surface area contributed by atoms with Crippen molar-refractivity contribution in [1.82, 2.24) is 0 Å². The molecule has 0 amide bonds. The summed E-state index contributed by atoms with van der Waals surface area (Å²) in [5.41, 5.74) is -1.03. The summed E-state index contributed by atoms with van der Waals surface area (Å²) in [6, 6.07) is 0. The van der Waals surface area contributed by atoms with Crippen LogP contribution in [-0.4, -0.2) is 30.9 Å². The Bertz CT molecular complexity index is 821. The highest BCUT2D eigenvalue weighted by molar-refractivity contribution is 5.78. The van der Waals surface area contributed by atoms with E-state index in [9.17, 15) is 14.4 Å². The number of hydrogen-bond acceptors (Lipinski definition) is 5. The van der Waals surface area contributed by atoms with Crippen molar-refractivity contribution in [1.29, 1.82) is 0 Å². The number of esters is 2. The maximum atomic E-state index is 12.5. The Morgan fingerprint density at radius 2 is 0.841 bits per heavy atom. The Morgan fingerprint density at radius 1 is 0.477 bits per heavy atom. The second-order valence-electron chi connectivity index (χ2n) is 13.5. The minimum Gasteiger partial charge on any atom is -0.464 e. The van der Waals surface area contributed by atoms with Gasteiger partial charge in [0.15, 0.2) is 0 Å². The predicted octanol–water partition coefficient (Wildman–Crippen LogP) is 10.3. The molecular formula is C39H66O5. The van der Waals surface area contributed by atoms with Gasteiger partial charge in [-0.05, 0) is 66.2 Å². The number of carbonyl (C=O) groups is 3. The summed E-state index contributed by atoms with van der Waals surface area (Å²) in [5.74, 6) is 12.5. The Hall–Kier alpha value is -2.27. The van der Waals surface area contributed by atoms with Crippen molar-refractivity contribution in [2.45, 2.75) is 183 Å². The molecule has 0 aromatic carbocycles. The third-order valence-electron chi connectivity index (χ3n) is 8.10. The van der Waals surface area contributed by atoms with Crippen molar-refractivity contribution < 1.29 is 23.9 Å². The number of unbranched alkanes of at least 4 members (excludes halogenated alkanes) is 12. The molecule has 0 radical (unpaired) electrons. The van der Waals surface area contributed by atoms with Gasteiger partial charge in [0.2, 0.25) is 0 Å². The van der Waals surface area contributed by atoms with Gasteiger partial charge in [-0.25, -0.2) is 0 Å². The van der Waals surface area contributed by atoms with E-state index in [0.29, 0.717) is 44.7 Å². The van der Waals surface area contributed by atoms with Crippen LogP contribution in [0.5, 0.6) is 0 Å². The van der Waals surface area contributed by atoms with Crippen LogP contribution < -0.4 is 0 Å². The summed E-state index contributed by atoms with van der Waals surface area (Å²) in [6.45, 7) is 12.9. The summed E-state index contributed by atoms with van der Waals surface area (Å²) in [6.07, 6.45) is 20.9. The molecule has 0 aliphatic carbocycles. The number of carbonyl (C=O) groups excluding carboxylic acids is 3. The maximum Gasteiger partial charge on any atom is 0.311 e. The minimum absolute atomic E-state index is 0.160. The molecule has 0 aromatic heterocycles. The Balaban J connectivity index is 3.89. The van der Waals surface area contributed by atoms with Gasteiger partial charge in [0.1, 0.15) is 19.0 Å². The third-order valence-corrected chi connectivity index (χ3v) is 8.10. The van der Waals surface area contributed by atoms with Crippen molar-refractivity contribution >= 4 is 17.7 Å². The van der Waals surface area contributed by atoms with Crippen LogP contribution in [0.4, 0.5) is 0 Å². The highest BCUT2D eigenvalue weighted by Crippen LogP contribution is 2.27. The molecule has 0 saturated heterocycles. The van der Waals surface area contributed by atoms with Gasteiger partial charge in [0.25, 0.3) is 0 Å². The molecule has 0 aliphatic rings. The van der Waals surface area contributed by atoms with Crippen LogP contribution in [0, 0.1) is 34.5 Å². The Morgan fingerprint density at radius 3 is 1.23 bits per heavy atom. The molecule has 5 nitrogen and oxygen atoms in total. The van der Waals surface area contributed by atoms with Crippen molar-refractivity contribution in [2.75, 3.05) is 13.2 Å². The van der Waals surface area contributed by atoms with E-state index in [1.54, 1.807) is 0 Å². The normalized spacial score (nSPS) is 11.2.